The summed E-state index contributed by atoms with van der Waals surface area (Å²) in [6, 6.07) is 10.7. The smallest absolute Gasteiger partial charge is 0.335 e. The third kappa shape index (κ3) is 3.14. The van der Waals surface area contributed by atoms with E-state index in [0.717, 1.165) is 16.0 Å². The van der Waals surface area contributed by atoms with Crippen molar-refractivity contribution in [2.75, 3.05) is 4.90 Å². The molecule has 6 heteroatoms. The lowest BCUT2D eigenvalue weighted by Crippen LogP contribution is -2.54. The Kier molecular flexibility index (Phi) is 4.10. The van der Waals surface area contributed by atoms with Crippen molar-refractivity contribution >= 4 is 29.6 Å². The average molecular weight is 336 g/mol. The third-order valence-corrected chi connectivity index (χ3v) is 3.91. The highest BCUT2D eigenvalue weighted by molar-refractivity contribution is 6.39. The summed E-state index contributed by atoms with van der Waals surface area (Å²) < 4.78 is 0. The normalized spacial score (nSPS) is 16.3. The highest BCUT2D eigenvalue weighted by Gasteiger charge is 2.37. The van der Waals surface area contributed by atoms with Crippen LogP contribution in [0.5, 0.6) is 5.75 Å². The summed E-state index contributed by atoms with van der Waals surface area (Å²) in [5.41, 5.74) is 2.49. The molecule has 1 fully saturated rings. The van der Waals surface area contributed by atoms with E-state index in [2.05, 4.69) is 5.32 Å². The zero-order valence-electron chi connectivity index (χ0n) is 13.7. The van der Waals surface area contributed by atoms with Crippen LogP contribution in [0, 0.1) is 13.8 Å². The third-order valence-electron chi connectivity index (χ3n) is 3.91. The van der Waals surface area contributed by atoms with Gasteiger partial charge in [-0.05, 0) is 54.8 Å². The molecule has 1 aliphatic heterocycles. The molecule has 0 spiro atoms. The van der Waals surface area contributed by atoms with Gasteiger partial charge in [-0.3, -0.25) is 14.9 Å². The number of anilines is 1. The molecule has 2 aromatic carbocycles. The van der Waals surface area contributed by atoms with Crippen molar-refractivity contribution in [1.29, 1.82) is 0 Å². The molecule has 1 heterocycles. The molecule has 0 aromatic heterocycles. The van der Waals surface area contributed by atoms with Gasteiger partial charge in [0, 0.05) is 0 Å². The minimum atomic E-state index is -0.772. The number of benzene rings is 2. The molecule has 2 aromatic rings. The summed E-state index contributed by atoms with van der Waals surface area (Å²) in [7, 11) is 0. The maximum absolute atomic E-state index is 12.8. The number of nitrogens with zero attached hydrogens (tertiary/aromatic N) is 1. The van der Waals surface area contributed by atoms with Crippen LogP contribution in [0.15, 0.2) is 48.0 Å². The van der Waals surface area contributed by atoms with E-state index in [1.54, 1.807) is 25.1 Å². The number of amides is 4. The lowest BCUT2D eigenvalue weighted by atomic mass is 10.0. The Balaban J connectivity index is 2.05. The molecule has 126 valence electrons. The number of phenols is 1. The minimum Gasteiger partial charge on any atom is -0.508 e. The van der Waals surface area contributed by atoms with Crippen LogP contribution < -0.4 is 10.2 Å². The fourth-order valence-corrected chi connectivity index (χ4v) is 2.57. The molecule has 1 aliphatic rings. The number of barbiturate groups is 1. The predicted molar refractivity (Wildman–Crippen MR) is 93.0 cm³/mol. The second-order valence-corrected chi connectivity index (χ2v) is 5.84. The number of rotatable bonds is 2. The maximum atomic E-state index is 12.8. The van der Waals surface area contributed by atoms with Gasteiger partial charge >= 0.3 is 6.03 Å². The Morgan fingerprint density at radius 3 is 2.36 bits per heavy atom. The average Bonchev–Trinajstić information content (AvgIpc) is 2.56. The summed E-state index contributed by atoms with van der Waals surface area (Å²) in [6.45, 7) is 3.64. The second kappa shape index (κ2) is 6.24. The summed E-state index contributed by atoms with van der Waals surface area (Å²) in [5, 5.41) is 11.5. The molecule has 4 amide bonds. The van der Waals surface area contributed by atoms with Gasteiger partial charge in [0.2, 0.25) is 0 Å². The number of hydrogen-bond donors (Lipinski definition) is 2. The molecule has 6 nitrogen and oxygen atoms in total. The number of aryl methyl sites for hydroxylation is 2. The predicted octanol–water partition coefficient (Wildman–Crippen LogP) is 2.68. The summed E-state index contributed by atoms with van der Waals surface area (Å²) in [6.07, 6.45) is 1.39. The number of carbonyl (C=O) groups is 3. The first-order chi connectivity index (χ1) is 11.9. The Labute approximate surface area is 144 Å². The molecule has 1 saturated heterocycles. The van der Waals surface area contributed by atoms with Crippen LogP contribution in [0.25, 0.3) is 6.08 Å². The number of phenolic OH excluding ortho intramolecular Hbond substituents is 1. The summed E-state index contributed by atoms with van der Waals surface area (Å²) in [5.74, 6) is -1.35. The zero-order chi connectivity index (χ0) is 18.1. The summed E-state index contributed by atoms with van der Waals surface area (Å²) >= 11 is 0. The van der Waals surface area contributed by atoms with Crippen LogP contribution in [0.1, 0.15) is 16.7 Å². The van der Waals surface area contributed by atoms with E-state index in [0.29, 0.717) is 11.3 Å². The van der Waals surface area contributed by atoms with Crippen LogP contribution >= 0.6 is 0 Å². The number of imide groups is 2. The van der Waals surface area contributed by atoms with Gasteiger partial charge in [0.25, 0.3) is 11.8 Å². The van der Waals surface area contributed by atoms with Gasteiger partial charge in [-0.1, -0.05) is 24.3 Å². The van der Waals surface area contributed by atoms with Crippen molar-refractivity contribution in [3.8, 4) is 5.75 Å². The standard InChI is InChI=1S/C19H16N2O4/c1-11-3-4-12(2)16(9-11)21-18(24)15(17(23)20-19(21)25)10-13-5-7-14(22)8-6-13/h3-10,22H,1-2H3,(H,20,23,25)/b15-10+. The molecule has 0 bridgehead atoms. The lowest BCUT2D eigenvalue weighted by molar-refractivity contribution is -0.122. The number of aromatic hydroxyl groups is 1. The van der Waals surface area contributed by atoms with Crippen molar-refractivity contribution in [2.24, 2.45) is 0 Å². The first-order valence-corrected chi connectivity index (χ1v) is 7.64. The molecule has 0 saturated carbocycles. The highest BCUT2D eigenvalue weighted by atomic mass is 16.3. The first kappa shape index (κ1) is 16.4. The van der Waals surface area contributed by atoms with Gasteiger partial charge in [0.05, 0.1) is 5.69 Å². The molecule has 0 atom stereocenters. The van der Waals surface area contributed by atoms with Crippen LogP contribution in [0.3, 0.4) is 0 Å². The minimum absolute atomic E-state index is 0.0776. The SMILES string of the molecule is Cc1ccc(C)c(N2C(=O)NC(=O)/C(=C\c3ccc(O)cc3)C2=O)c1. The molecule has 3 rings (SSSR count). The molecule has 0 aliphatic carbocycles. The monoisotopic (exact) mass is 336 g/mol. The molecular formula is C19H16N2O4. The van der Waals surface area contributed by atoms with Crippen molar-refractivity contribution in [3.63, 3.8) is 0 Å². The number of nitrogens with one attached hydrogen (secondary N) is 1. The maximum Gasteiger partial charge on any atom is 0.335 e. The van der Waals surface area contributed by atoms with Crippen molar-refractivity contribution < 1.29 is 19.5 Å². The van der Waals surface area contributed by atoms with Crippen LogP contribution in [-0.2, 0) is 9.59 Å². The van der Waals surface area contributed by atoms with Gasteiger partial charge in [0.15, 0.2) is 0 Å². The van der Waals surface area contributed by atoms with Crippen molar-refractivity contribution in [3.05, 3.63) is 64.7 Å². The van der Waals surface area contributed by atoms with Crippen molar-refractivity contribution in [1.82, 2.24) is 5.32 Å². The Morgan fingerprint density at radius 1 is 1.00 bits per heavy atom. The first-order valence-electron chi connectivity index (χ1n) is 7.64. The van der Waals surface area contributed by atoms with E-state index in [9.17, 15) is 19.5 Å². The molecule has 0 unspecified atom stereocenters. The van der Waals surface area contributed by atoms with E-state index < -0.39 is 17.8 Å². The van der Waals surface area contributed by atoms with E-state index in [4.69, 9.17) is 0 Å². The second-order valence-electron chi connectivity index (χ2n) is 5.84. The van der Waals surface area contributed by atoms with Gasteiger partial charge in [-0.2, -0.15) is 0 Å². The Morgan fingerprint density at radius 2 is 1.68 bits per heavy atom. The molecular weight excluding hydrogens is 320 g/mol. The van der Waals surface area contributed by atoms with E-state index >= 15 is 0 Å². The Bertz CT molecular complexity index is 914. The van der Waals surface area contributed by atoms with Crippen LogP contribution in [0.2, 0.25) is 0 Å². The topological polar surface area (TPSA) is 86.7 Å². The van der Waals surface area contributed by atoms with E-state index in [-0.39, 0.29) is 11.3 Å². The van der Waals surface area contributed by atoms with Gasteiger partial charge in [-0.25, -0.2) is 9.69 Å². The zero-order valence-corrected chi connectivity index (χ0v) is 13.7. The number of carbonyl (C=O) groups excluding carboxylic acids is 3. The highest BCUT2D eigenvalue weighted by Crippen LogP contribution is 2.26. The molecule has 0 radical (unpaired) electrons. The van der Waals surface area contributed by atoms with Crippen LogP contribution in [-0.4, -0.2) is 23.0 Å². The quantitative estimate of drug-likeness (QED) is 0.652. The van der Waals surface area contributed by atoms with E-state index in [1.165, 1.54) is 18.2 Å². The van der Waals surface area contributed by atoms with Gasteiger partial charge in [0.1, 0.15) is 11.3 Å². The fourth-order valence-electron chi connectivity index (χ4n) is 2.57. The van der Waals surface area contributed by atoms with Crippen molar-refractivity contribution in [2.45, 2.75) is 13.8 Å². The van der Waals surface area contributed by atoms with Gasteiger partial charge < -0.3 is 5.11 Å². The number of urea groups is 1. The lowest BCUT2D eigenvalue weighted by Gasteiger charge is -2.27. The van der Waals surface area contributed by atoms with Gasteiger partial charge in [-0.15, -0.1) is 0 Å². The molecule has 2 N–H and O–H groups in total. The Hall–Kier alpha value is -3.41. The van der Waals surface area contributed by atoms with Crippen LogP contribution in [0.4, 0.5) is 10.5 Å². The largest absolute Gasteiger partial charge is 0.508 e. The summed E-state index contributed by atoms with van der Waals surface area (Å²) in [4.78, 5) is 38.1. The fraction of sp³-hybridized carbons (Fsp3) is 0.105. The van der Waals surface area contributed by atoms with E-state index in [1.807, 2.05) is 19.1 Å². The number of hydrogen-bond acceptors (Lipinski definition) is 4. The molecule has 25 heavy (non-hydrogen) atoms.